The summed E-state index contributed by atoms with van der Waals surface area (Å²) in [7, 11) is 0. The molecule has 4 nitrogen and oxygen atoms in total. The maximum atomic E-state index is 11.7. The van der Waals surface area contributed by atoms with Gasteiger partial charge in [-0.25, -0.2) is 0 Å². The van der Waals surface area contributed by atoms with Crippen molar-refractivity contribution in [1.82, 2.24) is 0 Å². The van der Waals surface area contributed by atoms with Crippen molar-refractivity contribution in [2.24, 2.45) is 5.73 Å². The number of amides is 2. The fourth-order valence-corrected chi connectivity index (χ4v) is 3.11. The molecule has 2 amide bonds. The zero-order chi connectivity index (χ0) is 11.9. The van der Waals surface area contributed by atoms with Gasteiger partial charge in [-0.1, -0.05) is 15.9 Å². The maximum absolute atomic E-state index is 11.7. The van der Waals surface area contributed by atoms with Gasteiger partial charge in [-0.15, -0.1) is 0 Å². The van der Waals surface area contributed by atoms with E-state index in [-0.39, 0.29) is 12.3 Å². The van der Waals surface area contributed by atoms with E-state index in [4.69, 9.17) is 5.73 Å². The number of hydrogen-bond donors (Lipinski definition) is 2. The van der Waals surface area contributed by atoms with Crippen LogP contribution in [-0.2, 0) is 9.59 Å². The standard InChI is InChI=1S/C10H8Br2N2O2/c11-4-1-5-6(3-8(13)15)10(16)14-9(5)7(12)2-4/h1-2,6H,3H2,(H2,13,15)(H,14,16). The lowest BCUT2D eigenvalue weighted by Gasteiger charge is -2.06. The molecule has 0 saturated carbocycles. The highest BCUT2D eigenvalue weighted by Crippen LogP contribution is 2.41. The molecule has 16 heavy (non-hydrogen) atoms. The van der Waals surface area contributed by atoms with E-state index in [2.05, 4.69) is 37.2 Å². The number of carbonyl (C=O) groups is 2. The lowest BCUT2D eigenvalue weighted by atomic mass is 9.97. The van der Waals surface area contributed by atoms with E-state index in [1.807, 2.05) is 12.1 Å². The van der Waals surface area contributed by atoms with Gasteiger partial charge in [0, 0.05) is 15.4 Å². The van der Waals surface area contributed by atoms with E-state index in [1.165, 1.54) is 0 Å². The summed E-state index contributed by atoms with van der Waals surface area (Å²) in [6.45, 7) is 0. The third-order valence-corrected chi connectivity index (χ3v) is 3.51. The van der Waals surface area contributed by atoms with Gasteiger partial charge in [0.2, 0.25) is 11.8 Å². The van der Waals surface area contributed by atoms with Crippen LogP contribution >= 0.6 is 31.9 Å². The van der Waals surface area contributed by atoms with Gasteiger partial charge >= 0.3 is 0 Å². The number of nitrogens with two attached hydrogens (primary N) is 1. The Kier molecular flexibility index (Phi) is 3.03. The predicted molar refractivity (Wildman–Crippen MR) is 67.0 cm³/mol. The molecule has 3 N–H and O–H groups in total. The minimum atomic E-state index is -0.485. The predicted octanol–water partition coefficient (Wildman–Crippen LogP) is 2.12. The van der Waals surface area contributed by atoms with Crippen LogP contribution in [0.25, 0.3) is 0 Å². The summed E-state index contributed by atoms with van der Waals surface area (Å²) in [5.41, 5.74) is 6.64. The van der Waals surface area contributed by atoms with Crippen LogP contribution < -0.4 is 11.1 Å². The first-order valence-electron chi connectivity index (χ1n) is 4.57. The normalized spacial score (nSPS) is 18.1. The largest absolute Gasteiger partial charge is 0.370 e. The number of nitrogens with one attached hydrogen (secondary N) is 1. The van der Waals surface area contributed by atoms with Crippen molar-refractivity contribution in [3.8, 4) is 0 Å². The van der Waals surface area contributed by atoms with Crippen LogP contribution in [0.1, 0.15) is 17.9 Å². The number of primary amides is 1. The second-order valence-corrected chi connectivity index (χ2v) is 5.33. The summed E-state index contributed by atoms with van der Waals surface area (Å²) in [4.78, 5) is 22.6. The fraction of sp³-hybridized carbons (Fsp3) is 0.200. The SMILES string of the molecule is NC(=O)CC1C(=O)Nc2c(Br)cc(Br)cc21. The number of benzene rings is 1. The number of fused-ring (bicyclic) bond motifs is 1. The molecular formula is C10H8Br2N2O2. The van der Waals surface area contributed by atoms with E-state index in [1.54, 1.807) is 0 Å². The fourth-order valence-electron chi connectivity index (χ4n) is 1.76. The zero-order valence-electron chi connectivity index (χ0n) is 8.09. The molecule has 84 valence electrons. The van der Waals surface area contributed by atoms with Crippen LogP contribution in [0.4, 0.5) is 5.69 Å². The van der Waals surface area contributed by atoms with Crippen molar-refractivity contribution in [3.05, 3.63) is 26.6 Å². The topological polar surface area (TPSA) is 72.2 Å². The summed E-state index contributed by atoms with van der Waals surface area (Å²) >= 11 is 6.70. The van der Waals surface area contributed by atoms with Crippen LogP contribution in [0.15, 0.2) is 21.1 Å². The Hall–Kier alpha value is -0.880. The van der Waals surface area contributed by atoms with E-state index in [9.17, 15) is 9.59 Å². The molecule has 0 radical (unpaired) electrons. The molecule has 0 saturated heterocycles. The van der Waals surface area contributed by atoms with Crippen LogP contribution in [0.2, 0.25) is 0 Å². The molecule has 0 bridgehead atoms. The van der Waals surface area contributed by atoms with Gasteiger partial charge < -0.3 is 11.1 Å². The Balaban J connectivity index is 2.47. The number of anilines is 1. The molecule has 0 spiro atoms. The molecule has 1 aliphatic heterocycles. The number of halogens is 2. The third kappa shape index (κ3) is 1.99. The molecule has 1 aromatic carbocycles. The minimum Gasteiger partial charge on any atom is -0.370 e. The highest BCUT2D eigenvalue weighted by molar-refractivity contribution is 9.11. The molecule has 1 heterocycles. The second kappa shape index (κ2) is 4.18. The van der Waals surface area contributed by atoms with Crippen molar-refractivity contribution >= 4 is 49.4 Å². The summed E-state index contributed by atoms with van der Waals surface area (Å²) in [5.74, 6) is -1.15. The number of hydrogen-bond acceptors (Lipinski definition) is 2. The molecule has 1 aliphatic rings. The first kappa shape index (κ1) is 11.6. The van der Waals surface area contributed by atoms with E-state index in [0.29, 0.717) is 0 Å². The Labute approximate surface area is 109 Å². The lowest BCUT2D eigenvalue weighted by molar-refractivity contribution is -0.123. The molecule has 0 aliphatic carbocycles. The Morgan fingerprint density at radius 3 is 2.75 bits per heavy atom. The average Bonchev–Trinajstić information content (AvgIpc) is 2.45. The first-order chi connectivity index (χ1) is 7.49. The molecule has 0 aromatic heterocycles. The van der Waals surface area contributed by atoms with E-state index >= 15 is 0 Å². The van der Waals surface area contributed by atoms with Crippen LogP contribution in [0.3, 0.4) is 0 Å². The van der Waals surface area contributed by atoms with Gasteiger partial charge in [0.15, 0.2) is 0 Å². The Morgan fingerprint density at radius 1 is 1.44 bits per heavy atom. The highest BCUT2D eigenvalue weighted by atomic mass is 79.9. The van der Waals surface area contributed by atoms with Crippen molar-refractivity contribution in [2.45, 2.75) is 12.3 Å². The molecule has 0 fully saturated rings. The molecule has 2 rings (SSSR count). The van der Waals surface area contributed by atoms with Crippen molar-refractivity contribution in [3.63, 3.8) is 0 Å². The van der Waals surface area contributed by atoms with Crippen LogP contribution in [0.5, 0.6) is 0 Å². The van der Waals surface area contributed by atoms with Gasteiger partial charge in [-0.05, 0) is 33.6 Å². The summed E-state index contributed by atoms with van der Waals surface area (Å²) in [5, 5.41) is 2.73. The average molecular weight is 348 g/mol. The van der Waals surface area contributed by atoms with Crippen molar-refractivity contribution in [2.75, 3.05) is 5.32 Å². The Morgan fingerprint density at radius 2 is 2.12 bits per heavy atom. The minimum absolute atomic E-state index is 0.0295. The lowest BCUT2D eigenvalue weighted by Crippen LogP contribution is -2.20. The molecule has 6 heteroatoms. The van der Waals surface area contributed by atoms with Gasteiger partial charge in [0.25, 0.3) is 0 Å². The summed E-state index contributed by atoms with van der Waals surface area (Å²) in [6.07, 6.45) is 0.0295. The quantitative estimate of drug-likeness (QED) is 0.860. The highest BCUT2D eigenvalue weighted by Gasteiger charge is 2.33. The summed E-state index contributed by atoms with van der Waals surface area (Å²) in [6, 6.07) is 3.66. The molecule has 1 aromatic rings. The molecule has 1 atom stereocenters. The number of rotatable bonds is 2. The second-order valence-electron chi connectivity index (χ2n) is 3.56. The molecule has 1 unspecified atom stereocenters. The van der Waals surface area contributed by atoms with Gasteiger partial charge in [0.1, 0.15) is 0 Å². The Bertz CT molecular complexity index is 488. The maximum Gasteiger partial charge on any atom is 0.232 e. The van der Waals surface area contributed by atoms with Crippen molar-refractivity contribution < 1.29 is 9.59 Å². The van der Waals surface area contributed by atoms with E-state index in [0.717, 1.165) is 20.2 Å². The third-order valence-electron chi connectivity index (χ3n) is 2.43. The van der Waals surface area contributed by atoms with Gasteiger partial charge in [0.05, 0.1) is 11.6 Å². The van der Waals surface area contributed by atoms with Gasteiger partial charge in [-0.3, -0.25) is 9.59 Å². The summed E-state index contributed by atoms with van der Waals surface area (Å²) < 4.78 is 1.64. The van der Waals surface area contributed by atoms with E-state index < -0.39 is 11.8 Å². The smallest absolute Gasteiger partial charge is 0.232 e. The van der Waals surface area contributed by atoms with Crippen molar-refractivity contribution in [1.29, 1.82) is 0 Å². The van der Waals surface area contributed by atoms with Crippen LogP contribution in [0, 0.1) is 0 Å². The molecular weight excluding hydrogens is 340 g/mol. The monoisotopic (exact) mass is 346 g/mol. The van der Waals surface area contributed by atoms with Gasteiger partial charge in [-0.2, -0.15) is 0 Å². The zero-order valence-corrected chi connectivity index (χ0v) is 11.3. The number of carbonyl (C=O) groups excluding carboxylic acids is 2. The van der Waals surface area contributed by atoms with Crippen LogP contribution in [-0.4, -0.2) is 11.8 Å². The first-order valence-corrected chi connectivity index (χ1v) is 6.15.